The zero-order valence-electron chi connectivity index (χ0n) is 55.4. The van der Waals surface area contributed by atoms with Crippen molar-refractivity contribution in [2.45, 2.75) is 10.8 Å². The van der Waals surface area contributed by atoms with Crippen molar-refractivity contribution in [3.63, 3.8) is 0 Å². The number of nitrogens with zero attached hydrogens (tertiary/aromatic N) is 2. The normalized spacial score (nSPS) is 15.3. The van der Waals surface area contributed by atoms with Crippen LogP contribution in [0.3, 0.4) is 0 Å². The van der Waals surface area contributed by atoms with E-state index >= 15 is 0 Å². The number of fused-ring (bicyclic) bond motifs is 22. The minimum atomic E-state index is -1.10. The first kappa shape index (κ1) is 56.7. The van der Waals surface area contributed by atoms with E-state index in [1.165, 1.54) is 88.0 Å². The molecule has 0 spiro atoms. The number of anilines is 6. The van der Waals surface area contributed by atoms with E-state index in [1.807, 2.05) is 0 Å². The smallest absolute Gasteiger partial charge is 0.159 e. The number of benzene rings is 18. The molecule has 0 saturated heterocycles. The Morgan fingerprint density at radius 1 is 0.196 bits per heavy atom. The van der Waals surface area contributed by atoms with Crippen molar-refractivity contribution in [3.05, 3.63) is 397 Å². The molecule has 22 rings (SSSR count). The van der Waals surface area contributed by atoms with Crippen molar-refractivity contribution in [3.8, 4) is 22.3 Å². The molecule has 2 aliphatic rings. The van der Waals surface area contributed by atoms with Gasteiger partial charge in [0.05, 0.1) is 33.6 Å². The molecule has 0 bridgehead atoms. The van der Waals surface area contributed by atoms with Crippen molar-refractivity contribution in [2.24, 2.45) is 0 Å². The summed E-state index contributed by atoms with van der Waals surface area (Å²) in [7, 11) is 0. The maximum absolute atomic E-state index is 7.22. The summed E-state index contributed by atoms with van der Waals surface area (Å²) in [4.78, 5) is 5.03. The van der Waals surface area contributed by atoms with Gasteiger partial charge in [-0.3, -0.25) is 0 Å². The van der Waals surface area contributed by atoms with Crippen LogP contribution in [0, 0.1) is 0 Å². The van der Waals surface area contributed by atoms with Crippen LogP contribution in [0.15, 0.2) is 373 Å². The first-order chi connectivity index (χ1) is 50.6. The number of rotatable bonds is 9. The van der Waals surface area contributed by atoms with Gasteiger partial charge < -0.3 is 18.6 Å². The molecule has 2 aliphatic carbocycles. The predicted octanol–water partition coefficient (Wildman–Crippen LogP) is 26.7. The zero-order chi connectivity index (χ0) is 66.8. The van der Waals surface area contributed by atoms with Gasteiger partial charge in [0.1, 0.15) is 11.2 Å². The SMILES string of the molecule is c1ccc(C2(C3(c4ccccc4)c4ccc5ccccc5c4-c4c3cc(N(c3ccc5ccccc5c3)c3cccc5c3oc3ccccc35)c3ccccc43)c3ccc4ccccc4c3-c3c2cc(N(c2ccc4ccccc4c2)c2cccc4c2oc2ccccc24)c2ccccc32)cc1. The summed E-state index contributed by atoms with van der Waals surface area (Å²) >= 11 is 0. The van der Waals surface area contributed by atoms with Crippen LogP contribution in [0.1, 0.15) is 33.4 Å². The number of para-hydroxylation sites is 4. The van der Waals surface area contributed by atoms with E-state index in [0.29, 0.717) is 0 Å². The average molecular weight is 1300 g/mol. The van der Waals surface area contributed by atoms with Crippen LogP contribution < -0.4 is 9.80 Å². The average Bonchev–Trinajstić information content (AvgIpc) is 1.46. The fourth-order valence-electron chi connectivity index (χ4n) is 18.7. The van der Waals surface area contributed by atoms with E-state index in [2.05, 4.69) is 374 Å². The first-order valence-corrected chi connectivity index (χ1v) is 35.3. The summed E-state index contributed by atoms with van der Waals surface area (Å²) in [5, 5.41) is 18.2. The number of hydrogen-bond donors (Lipinski definition) is 0. The summed E-state index contributed by atoms with van der Waals surface area (Å²) in [6.07, 6.45) is 0. The van der Waals surface area contributed by atoms with Crippen LogP contribution in [0.5, 0.6) is 0 Å². The molecule has 2 aromatic heterocycles. The quantitative estimate of drug-likeness (QED) is 0.144. The molecule has 4 heteroatoms. The Morgan fingerprint density at radius 3 is 0.951 bits per heavy atom. The molecule has 2 atom stereocenters. The van der Waals surface area contributed by atoms with Crippen molar-refractivity contribution >= 4 is 143 Å². The Kier molecular flexibility index (Phi) is 12.0. The molecule has 0 N–H and O–H groups in total. The molecule has 2 unspecified atom stereocenters. The monoisotopic (exact) mass is 1300 g/mol. The van der Waals surface area contributed by atoms with Crippen LogP contribution >= 0.6 is 0 Å². The fraction of sp³-hybridized carbons (Fsp3) is 0.0204. The van der Waals surface area contributed by atoms with E-state index in [0.717, 1.165) is 110 Å². The summed E-state index contributed by atoms with van der Waals surface area (Å²) in [6.45, 7) is 0. The lowest BCUT2D eigenvalue weighted by atomic mass is 9.49. The maximum atomic E-state index is 7.22. The van der Waals surface area contributed by atoms with Gasteiger partial charge >= 0.3 is 0 Å². The van der Waals surface area contributed by atoms with E-state index in [-0.39, 0.29) is 0 Å². The summed E-state index contributed by atoms with van der Waals surface area (Å²) < 4.78 is 14.4. The van der Waals surface area contributed by atoms with Gasteiger partial charge in [0.2, 0.25) is 0 Å². The summed E-state index contributed by atoms with van der Waals surface area (Å²) in [5.41, 5.74) is 19.2. The summed E-state index contributed by atoms with van der Waals surface area (Å²) in [6, 6.07) is 137. The van der Waals surface area contributed by atoms with Crippen molar-refractivity contribution in [1.82, 2.24) is 0 Å². The van der Waals surface area contributed by atoms with Crippen molar-refractivity contribution in [1.29, 1.82) is 0 Å². The third-order valence-corrected chi connectivity index (χ3v) is 22.7. The fourth-order valence-corrected chi connectivity index (χ4v) is 18.7. The van der Waals surface area contributed by atoms with Gasteiger partial charge in [-0.2, -0.15) is 0 Å². The van der Waals surface area contributed by atoms with Gasteiger partial charge in [-0.1, -0.05) is 303 Å². The molecular formula is C98H60N2O2. The lowest BCUT2D eigenvalue weighted by Crippen LogP contribution is -2.50. The Balaban J connectivity index is 0.960. The zero-order valence-corrected chi connectivity index (χ0v) is 55.4. The van der Waals surface area contributed by atoms with Gasteiger partial charge in [-0.15, -0.1) is 0 Å². The first-order valence-electron chi connectivity index (χ1n) is 35.3. The van der Waals surface area contributed by atoms with Gasteiger partial charge in [0, 0.05) is 43.7 Å². The molecular weight excluding hydrogens is 1240 g/mol. The molecule has 0 saturated carbocycles. The number of hydrogen-bond acceptors (Lipinski definition) is 4. The minimum absolute atomic E-state index is 0.819. The maximum Gasteiger partial charge on any atom is 0.159 e. The van der Waals surface area contributed by atoms with Crippen LogP contribution in [0.2, 0.25) is 0 Å². The highest BCUT2D eigenvalue weighted by molar-refractivity contribution is 6.22. The molecule has 4 nitrogen and oxygen atoms in total. The van der Waals surface area contributed by atoms with E-state index in [1.54, 1.807) is 0 Å². The highest BCUT2D eigenvalue weighted by atomic mass is 16.3. The van der Waals surface area contributed by atoms with Gasteiger partial charge in [0.25, 0.3) is 0 Å². The minimum Gasteiger partial charge on any atom is -0.454 e. The van der Waals surface area contributed by atoms with Crippen LogP contribution in [-0.2, 0) is 10.8 Å². The van der Waals surface area contributed by atoms with E-state index in [4.69, 9.17) is 8.83 Å². The largest absolute Gasteiger partial charge is 0.454 e. The third-order valence-electron chi connectivity index (χ3n) is 22.7. The molecule has 0 aliphatic heterocycles. The molecule has 0 radical (unpaired) electrons. The topological polar surface area (TPSA) is 32.8 Å². The van der Waals surface area contributed by atoms with Crippen LogP contribution in [0.25, 0.3) is 131 Å². The second-order valence-corrected chi connectivity index (χ2v) is 27.6. The van der Waals surface area contributed by atoms with Crippen molar-refractivity contribution < 1.29 is 8.83 Å². The lowest BCUT2D eigenvalue weighted by Gasteiger charge is -2.51. The molecule has 0 amide bonds. The number of furan rings is 2. The third kappa shape index (κ3) is 7.70. The van der Waals surface area contributed by atoms with E-state index < -0.39 is 10.8 Å². The standard InChI is InChI=1S/C98H60N2O2/c1-3-31-67(32-4-1)97(81-55-51-63-27-11-13-35-71(63)91(81)93-77-41-17-15-37-73(77)87(59-83(93)97)99(69-53-49-61-25-7-9-29-65(61)57-69)85-45-23-43-79-75-39-19-21-47-89(75)101-95(79)85)98(68-33-5-2-6-34-68)82-56-52-64-28-12-14-36-72(64)92(82)94-78-42-18-16-38-74(78)88(60-84(94)98)100(70-54-50-62-26-8-10-30-66(62)58-70)86-46-24-44-80-76-40-20-22-48-90(76)102-96(80)86/h1-60H. The van der Waals surface area contributed by atoms with E-state index in [9.17, 15) is 0 Å². The summed E-state index contributed by atoms with van der Waals surface area (Å²) in [5.74, 6) is 0. The molecule has 0 fully saturated rings. The highest BCUT2D eigenvalue weighted by Crippen LogP contribution is 2.73. The molecule has 474 valence electrons. The Bertz CT molecular complexity index is 6510. The van der Waals surface area contributed by atoms with Gasteiger partial charge in [0.15, 0.2) is 11.2 Å². The Hall–Kier alpha value is -13.3. The highest BCUT2D eigenvalue weighted by Gasteiger charge is 2.65. The predicted molar refractivity (Wildman–Crippen MR) is 425 cm³/mol. The van der Waals surface area contributed by atoms with Crippen LogP contribution in [-0.4, -0.2) is 0 Å². The Morgan fingerprint density at radius 2 is 0.520 bits per heavy atom. The molecule has 18 aromatic carbocycles. The molecule has 102 heavy (non-hydrogen) atoms. The second kappa shape index (κ2) is 21.6. The Labute approximate surface area is 588 Å². The van der Waals surface area contributed by atoms with Crippen LogP contribution in [0.4, 0.5) is 34.1 Å². The lowest BCUT2D eigenvalue weighted by molar-refractivity contribution is 0.438. The van der Waals surface area contributed by atoms with Gasteiger partial charge in [-0.05, 0) is 170 Å². The van der Waals surface area contributed by atoms with Crippen molar-refractivity contribution in [2.75, 3.05) is 9.80 Å². The second-order valence-electron chi connectivity index (χ2n) is 27.6. The molecule has 2 heterocycles. The van der Waals surface area contributed by atoms with Gasteiger partial charge in [-0.25, -0.2) is 0 Å². The molecule has 20 aromatic rings.